The summed E-state index contributed by atoms with van der Waals surface area (Å²) in [6.07, 6.45) is 3.36. The molecule has 9 heteroatoms. The van der Waals surface area contributed by atoms with E-state index in [1.54, 1.807) is 0 Å². The van der Waals surface area contributed by atoms with E-state index >= 15 is 0 Å². The molecule has 0 heterocycles. The molecule has 1 aromatic rings. The Morgan fingerprint density at radius 2 is 1.83 bits per heavy atom. The maximum absolute atomic E-state index is 12.3. The number of carbonyl (C=O) groups is 1. The summed E-state index contributed by atoms with van der Waals surface area (Å²) >= 11 is 0. The molecule has 1 aliphatic carbocycles. The minimum atomic E-state index is -5.68. The van der Waals surface area contributed by atoms with Crippen LogP contribution < -0.4 is 4.18 Å². The van der Waals surface area contributed by atoms with E-state index in [1.807, 2.05) is 0 Å². The van der Waals surface area contributed by atoms with Gasteiger partial charge >= 0.3 is 21.6 Å². The quantitative estimate of drug-likeness (QED) is 0.635. The summed E-state index contributed by atoms with van der Waals surface area (Å²) < 4.78 is 62.8. The van der Waals surface area contributed by atoms with E-state index in [9.17, 15) is 26.4 Å². The first-order valence-electron chi connectivity index (χ1n) is 7.41. The van der Waals surface area contributed by atoms with Gasteiger partial charge in [-0.1, -0.05) is 18.6 Å². The van der Waals surface area contributed by atoms with Gasteiger partial charge in [0.25, 0.3) is 0 Å². The second kappa shape index (κ2) is 7.00. The van der Waals surface area contributed by atoms with Crippen LogP contribution >= 0.6 is 0 Å². The van der Waals surface area contributed by atoms with E-state index in [2.05, 4.69) is 4.18 Å². The summed E-state index contributed by atoms with van der Waals surface area (Å²) in [6.45, 7) is 0. The molecule has 1 aliphatic rings. The molecule has 2 unspecified atom stereocenters. The minimum Gasteiger partial charge on any atom is -0.481 e. The first kappa shape index (κ1) is 18.6. The summed E-state index contributed by atoms with van der Waals surface area (Å²) in [5.41, 5.74) is -4.64. The van der Waals surface area contributed by atoms with Gasteiger partial charge in [0.05, 0.1) is 0 Å². The molecular formula is C15H17F3O5S. The van der Waals surface area contributed by atoms with Gasteiger partial charge in [0.1, 0.15) is 5.75 Å². The Morgan fingerprint density at radius 1 is 1.21 bits per heavy atom. The van der Waals surface area contributed by atoms with Crippen LogP contribution in [0.4, 0.5) is 13.2 Å². The Kier molecular flexibility index (Phi) is 5.42. The highest BCUT2D eigenvalue weighted by Gasteiger charge is 2.48. The lowest BCUT2D eigenvalue weighted by Gasteiger charge is -2.28. The van der Waals surface area contributed by atoms with Gasteiger partial charge in [-0.25, -0.2) is 0 Å². The lowest BCUT2D eigenvalue weighted by atomic mass is 9.77. The van der Waals surface area contributed by atoms with Gasteiger partial charge < -0.3 is 9.29 Å². The van der Waals surface area contributed by atoms with E-state index in [0.29, 0.717) is 6.42 Å². The number of hydrogen-bond acceptors (Lipinski definition) is 4. The monoisotopic (exact) mass is 366 g/mol. The number of halogens is 3. The van der Waals surface area contributed by atoms with Crippen molar-refractivity contribution < 1.29 is 35.7 Å². The van der Waals surface area contributed by atoms with Gasteiger partial charge in [0, 0.05) is 6.42 Å². The summed E-state index contributed by atoms with van der Waals surface area (Å²) in [5, 5.41) is 8.87. The standard InChI is InChI=1S/C15H17F3O5S/c16-15(17,18)24(21,22)23-13-6-4-11(5-7-13)12-3-1-2-10(8-12)9-14(19)20/h4-7,10,12H,1-3,8-9H2,(H,19,20). The smallest absolute Gasteiger partial charge is 0.481 e. The molecule has 1 saturated carbocycles. The van der Waals surface area contributed by atoms with Crippen LogP contribution in [0.15, 0.2) is 24.3 Å². The van der Waals surface area contributed by atoms with Crippen LogP contribution in [0.1, 0.15) is 43.6 Å². The van der Waals surface area contributed by atoms with Crippen molar-refractivity contribution in [2.24, 2.45) is 5.92 Å². The molecule has 0 aliphatic heterocycles. The predicted octanol–water partition coefficient (Wildman–Crippen LogP) is 3.66. The number of benzene rings is 1. The Morgan fingerprint density at radius 3 is 2.38 bits per heavy atom. The molecule has 24 heavy (non-hydrogen) atoms. The van der Waals surface area contributed by atoms with Crippen molar-refractivity contribution in [1.29, 1.82) is 0 Å². The van der Waals surface area contributed by atoms with Gasteiger partial charge in [-0.3, -0.25) is 4.79 Å². The van der Waals surface area contributed by atoms with Gasteiger partial charge in [-0.2, -0.15) is 21.6 Å². The largest absolute Gasteiger partial charge is 0.534 e. The number of alkyl halides is 3. The molecule has 0 amide bonds. The van der Waals surface area contributed by atoms with Crippen molar-refractivity contribution >= 4 is 16.1 Å². The molecular weight excluding hydrogens is 349 g/mol. The second-order valence-electron chi connectivity index (χ2n) is 5.88. The summed E-state index contributed by atoms with van der Waals surface area (Å²) in [7, 11) is -5.68. The number of hydrogen-bond donors (Lipinski definition) is 1. The molecule has 0 aromatic heterocycles. The molecule has 0 saturated heterocycles. The first-order valence-corrected chi connectivity index (χ1v) is 8.82. The Hall–Kier alpha value is -1.77. The van der Waals surface area contributed by atoms with Crippen LogP contribution in [-0.2, 0) is 14.9 Å². The van der Waals surface area contributed by atoms with Crippen molar-refractivity contribution in [3.8, 4) is 5.75 Å². The van der Waals surface area contributed by atoms with E-state index in [1.165, 1.54) is 24.3 Å². The zero-order chi connectivity index (χ0) is 18.0. The SMILES string of the molecule is O=C(O)CC1CCCC(c2ccc(OS(=O)(=O)C(F)(F)F)cc2)C1. The average Bonchev–Trinajstić information content (AvgIpc) is 2.46. The number of aliphatic carboxylic acids is 1. The van der Waals surface area contributed by atoms with Crippen LogP contribution in [0.2, 0.25) is 0 Å². The Labute approximate surface area is 137 Å². The summed E-state index contributed by atoms with van der Waals surface area (Å²) in [5.74, 6) is -1.07. The van der Waals surface area contributed by atoms with E-state index in [4.69, 9.17) is 5.11 Å². The molecule has 1 fully saturated rings. The third-order valence-corrected chi connectivity index (χ3v) is 5.07. The zero-order valence-corrected chi connectivity index (χ0v) is 13.4. The van der Waals surface area contributed by atoms with Crippen LogP contribution in [0.5, 0.6) is 5.75 Å². The maximum atomic E-state index is 12.3. The maximum Gasteiger partial charge on any atom is 0.534 e. The highest BCUT2D eigenvalue weighted by molar-refractivity contribution is 7.87. The highest BCUT2D eigenvalue weighted by atomic mass is 32.2. The molecule has 134 valence electrons. The molecule has 1 aromatic carbocycles. The normalized spacial score (nSPS) is 22.1. The van der Waals surface area contributed by atoms with Crippen molar-refractivity contribution in [3.05, 3.63) is 29.8 Å². The molecule has 0 bridgehead atoms. The minimum absolute atomic E-state index is 0.0720. The first-order chi connectivity index (χ1) is 11.1. The highest BCUT2D eigenvalue weighted by Crippen LogP contribution is 2.38. The average molecular weight is 366 g/mol. The lowest BCUT2D eigenvalue weighted by Crippen LogP contribution is -2.28. The van der Waals surface area contributed by atoms with Gasteiger partial charge in [0.15, 0.2) is 0 Å². The van der Waals surface area contributed by atoms with Crippen LogP contribution in [-0.4, -0.2) is 25.0 Å². The van der Waals surface area contributed by atoms with Gasteiger partial charge in [0.2, 0.25) is 0 Å². The molecule has 0 spiro atoms. The second-order valence-corrected chi connectivity index (χ2v) is 7.42. The van der Waals surface area contributed by atoms with E-state index in [-0.39, 0.29) is 18.3 Å². The summed E-state index contributed by atoms with van der Waals surface area (Å²) in [4.78, 5) is 10.8. The topological polar surface area (TPSA) is 80.7 Å². The van der Waals surface area contributed by atoms with E-state index in [0.717, 1.165) is 24.8 Å². The third-order valence-electron chi connectivity index (χ3n) is 4.09. The third kappa shape index (κ3) is 4.62. The molecule has 5 nitrogen and oxygen atoms in total. The zero-order valence-electron chi connectivity index (χ0n) is 12.6. The fourth-order valence-corrected chi connectivity index (χ4v) is 3.45. The van der Waals surface area contributed by atoms with Crippen molar-refractivity contribution in [3.63, 3.8) is 0 Å². The Balaban J connectivity index is 2.05. The molecule has 2 rings (SSSR count). The predicted molar refractivity (Wildman–Crippen MR) is 79.0 cm³/mol. The van der Waals surface area contributed by atoms with Crippen LogP contribution in [0.3, 0.4) is 0 Å². The van der Waals surface area contributed by atoms with Crippen molar-refractivity contribution in [1.82, 2.24) is 0 Å². The van der Waals surface area contributed by atoms with Crippen LogP contribution in [0.25, 0.3) is 0 Å². The summed E-state index contributed by atoms with van der Waals surface area (Å²) in [6, 6.07) is 5.41. The number of rotatable bonds is 5. The van der Waals surface area contributed by atoms with Gasteiger partial charge in [-0.05, 0) is 48.8 Å². The lowest BCUT2D eigenvalue weighted by molar-refractivity contribution is -0.138. The van der Waals surface area contributed by atoms with E-state index < -0.39 is 27.3 Å². The number of carboxylic acids is 1. The Bertz CT molecular complexity index is 682. The molecule has 1 N–H and O–H groups in total. The van der Waals surface area contributed by atoms with Crippen molar-refractivity contribution in [2.45, 2.75) is 43.5 Å². The van der Waals surface area contributed by atoms with Crippen LogP contribution in [0, 0.1) is 5.92 Å². The number of carboxylic acid groups (broad SMARTS) is 1. The molecule has 0 radical (unpaired) electrons. The fraction of sp³-hybridized carbons (Fsp3) is 0.533. The molecule has 2 atom stereocenters. The van der Waals surface area contributed by atoms with Crippen molar-refractivity contribution in [2.75, 3.05) is 0 Å². The van der Waals surface area contributed by atoms with Gasteiger partial charge in [-0.15, -0.1) is 0 Å². The fourth-order valence-electron chi connectivity index (χ4n) is 3.00.